The highest BCUT2D eigenvalue weighted by Crippen LogP contribution is 2.34. The van der Waals surface area contributed by atoms with Crippen LogP contribution >= 0.6 is 0 Å². The van der Waals surface area contributed by atoms with E-state index in [0.717, 1.165) is 31.6 Å². The van der Waals surface area contributed by atoms with E-state index in [1.54, 1.807) is 0 Å². The predicted octanol–water partition coefficient (Wildman–Crippen LogP) is 2.41. The van der Waals surface area contributed by atoms with Crippen molar-refractivity contribution in [1.82, 2.24) is 5.32 Å². The Kier molecular flexibility index (Phi) is 3.85. The highest BCUT2D eigenvalue weighted by molar-refractivity contribution is 5.70. The predicted molar refractivity (Wildman–Crippen MR) is 63.3 cm³/mol. The van der Waals surface area contributed by atoms with Crippen LogP contribution in [0.5, 0.6) is 0 Å². The summed E-state index contributed by atoms with van der Waals surface area (Å²) in [5.41, 5.74) is 0. The second-order valence-electron chi connectivity index (χ2n) is 5.63. The van der Waals surface area contributed by atoms with Gasteiger partial charge in [0, 0.05) is 12.1 Å². The first-order chi connectivity index (χ1) is 7.65. The largest absolute Gasteiger partial charge is 0.481 e. The van der Waals surface area contributed by atoms with E-state index in [4.69, 9.17) is 5.11 Å². The van der Waals surface area contributed by atoms with Gasteiger partial charge in [0.05, 0.1) is 5.92 Å². The molecule has 2 fully saturated rings. The van der Waals surface area contributed by atoms with Crippen LogP contribution in [0.3, 0.4) is 0 Å². The molecule has 0 radical (unpaired) electrons. The number of carbonyl (C=O) groups is 1. The number of nitrogens with one attached hydrogen (secondary N) is 1. The number of carboxylic acids is 1. The lowest BCUT2D eigenvalue weighted by molar-refractivity contribution is -0.142. The molecule has 0 bridgehead atoms. The summed E-state index contributed by atoms with van der Waals surface area (Å²) < 4.78 is 0. The van der Waals surface area contributed by atoms with Crippen molar-refractivity contribution in [3.8, 4) is 0 Å². The van der Waals surface area contributed by atoms with Crippen molar-refractivity contribution in [2.75, 3.05) is 0 Å². The Morgan fingerprint density at radius 3 is 2.38 bits per heavy atom. The zero-order chi connectivity index (χ0) is 11.5. The number of hydrogen-bond acceptors (Lipinski definition) is 2. The second kappa shape index (κ2) is 5.17. The summed E-state index contributed by atoms with van der Waals surface area (Å²) in [6.07, 6.45) is 7.90. The van der Waals surface area contributed by atoms with E-state index in [1.165, 1.54) is 19.3 Å². The van der Waals surface area contributed by atoms with Crippen LogP contribution in [0.25, 0.3) is 0 Å². The van der Waals surface area contributed by atoms with E-state index in [2.05, 4.69) is 12.2 Å². The Morgan fingerprint density at radius 2 is 1.88 bits per heavy atom. The molecule has 0 saturated heterocycles. The van der Waals surface area contributed by atoms with Crippen LogP contribution in [0, 0.1) is 11.8 Å². The summed E-state index contributed by atoms with van der Waals surface area (Å²) in [7, 11) is 0. The lowest BCUT2D eigenvalue weighted by Gasteiger charge is -2.29. The fraction of sp³-hybridized carbons (Fsp3) is 0.923. The van der Waals surface area contributed by atoms with Crippen LogP contribution in [-0.2, 0) is 4.79 Å². The zero-order valence-corrected chi connectivity index (χ0v) is 10.1. The van der Waals surface area contributed by atoms with Gasteiger partial charge in [0.15, 0.2) is 0 Å². The molecule has 1 unspecified atom stereocenters. The monoisotopic (exact) mass is 225 g/mol. The Bertz CT molecular complexity index is 242. The number of hydrogen-bond donors (Lipinski definition) is 2. The molecule has 2 aliphatic carbocycles. The summed E-state index contributed by atoms with van der Waals surface area (Å²) in [5.74, 6) is 0.277. The topological polar surface area (TPSA) is 49.3 Å². The van der Waals surface area contributed by atoms with Gasteiger partial charge < -0.3 is 10.4 Å². The van der Waals surface area contributed by atoms with Crippen LogP contribution in [0.15, 0.2) is 0 Å². The second-order valence-corrected chi connectivity index (χ2v) is 5.63. The van der Waals surface area contributed by atoms with Crippen molar-refractivity contribution in [1.29, 1.82) is 0 Å². The molecular formula is C13H23NO2. The minimum Gasteiger partial charge on any atom is -0.481 e. The van der Waals surface area contributed by atoms with Crippen LogP contribution in [-0.4, -0.2) is 23.2 Å². The Balaban J connectivity index is 1.65. The maximum atomic E-state index is 10.8. The van der Waals surface area contributed by atoms with E-state index >= 15 is 0 Å². The van der Waals surface area contributed by atoms with Gasteiger partial charge in [0.25, 0.3) is 0 Å². The highest BCUT2D eigenvalue weighted by atomic mass is 16.4. The van der Waals surface area contributed by atoms with Crippen molar-refractivity contribution in [3.05, 3.63) is 0 Å². The van der Waals surface area contributed by atoms with Crippen molar-refractivity contribution in [2.24, 2.45) is 11.8 Å². The van der Waals surface area contributed by atoms with Gasteiger partial charge in [-0.2, -0.15) is 0 Å². The molecule has 1 atom stereocenters. The maximum Gasteiger partial charge on any atom is 0.306 e. The van der Waals surface area contributed by atoms with Crippen LogP contribution < -0.4 is 5.32 Å². The molecule has 2 aliphatic rings. The molecule has 92 valence electrons. The SMILES string of the molecule is CC(CC1CC1)NC1CCC(C(=O)O)CC1. The third-order valence-electron chi connectivity index (χ3n) is 3.98. The molecule has 0 aromatic rings. The van der Waals surface area contributed by atoms with E-state index in [0.29, 0.717) is 12.1 Å². The quantitative estimate of drug-likeness (QED) is 0.755. The Morgan fingerprint density at radius 1 is 1.25 bits per heavy atom. The normalized spacial score (nSPS) is 32.3. The molecule has 0 heterocycles. The van der Waals surface area contributed by atoms with Crippen molar-refractivity contribution >= 4 is 5.97 Å². The van der Waals surface area contributed by atoms with Gasteiger partial charge in [0.2, 0.25) is 0 Å². The first-order valence-electron chi connectivity index (χ1n) is 6.64. The van der Waals surface area contributed by atoms with Crippen molar-refractivity contribution < 1.29 is 9.90 Å². The molecule has 2 saturated carbocycles. The zero-order valence-electron chi connectivity index (χ0n) is 10.1. The third kappa shape index (κ3) is 3.48. The first-order valence-corrected chi connectivity index (χ1v) is 6.64. The van der Waals surface area contributed by atoms with Crippen LogP contribution in [0.1, 0.15) is 51.9 Å². The maximum absolute atomic E-state index is 10.8. The summed E-state index contributed by atoms with van der Waals surface area (Å²) in [4.78, 5) is 10.8. The van der Waals surface area contributed by atoms with Crippen LogP contribution in [0.2, 0.25) is 0 Å². The van der Waals surface area contributed by atoms with Gasteiger partial charge in [-0.05, 0) is 44.9 Å². The molecule has 0 aliphatic heterocycles. The molecule has 3 heteroatoms. The van der Waals surface area contributed by atoms with Gasteiger partial charge in [-0.3, -0.25) is 4.79 Å². The highest BCUT2D eigenvalue weighted by Gasteiger charge is 2.28. The van der Waals surface area contributed by atoms with Gasteiger partial charge in [-0.25, -0.2) is 0 Å². The molecule has 3 nitrogen and oxygen atoms in total. The van der Waals surface area contributed by atoms with E-state index in [9.17, 15) is 4.79 Å². The Labute approximate surface area is 97.6 Å². The fourth-order valence-electron chi connectivity index (χ4n) is 2.83. The summed E-state index contributed by atoms with van der Waals surface area (Å²) in [6, 6.07) is 1.17. The molecule has 0 aromatic carbocycles. The standard InChI is InChI=1S/C13H23NO2/c1-9(8-10-2-3-10)14-12-6-4-11(5-7-12)13(15)16/h9-12,14H,2-8H2,1H3,(H,15,16). The summed E-state index contributed by atoms with van der Waals surface area (Å²) in [5, 5.41) is 12.6. The Hall–Kier alpha value is -0.570. The molecule has 2 rings (SSSR count). The molecule has 2 N–H and O–H groups in total. The first kappa shape index (κ1) is 11.9. The molecule has 0 amide bonds. The van der Waals surface area contributed by atoms with E-state index in [-0.39, 0.29) is 5.92 Å². The van der Waals surface area contributed by atoms with Crippen molar-refractivity contribution in [2.45, 2.75) is 64.0 Å². The smallest absolute Gasteiger partial charge is 0.306 e. The molecule has 0 spiro atoms. The average molecular weight is 225 g/mol. The molecule has 16 heavy (non-hydrogen) atoms. The third-order valence-corrected chi connectivity index (χ3v) is 3.98. The lowest BCUT2D eigenvalue weighted by Crippen LogP contribution is -2.40. The minimum atomic E-state index is -0.607. The van der Waals surface area contributed by atoms with Gasteiger partial charge in [0.1, 0.15) is 0 Å². The van der Waals surface area contributed by atoms with E-state index in [1.807, 2.05) is 0 Å². The fourth-order valence-corrected chi connectivity index (χ4v) is 2.83. The summed E-state index contributed by atoms with van der Waals surface area (Å²) in [6.45, 7) is 2.27. The molecular weight excluding hydrogens is 202 g/mol. The van der Waals surface area contributed by atoms with Gasteiger partial charge in [-0.1, -0.05) is 12.8 Å². The number of aliphatic carboxylic acids is 1. The molecule has 0 aromatic heterocycles. The van der Waals surface area contributed by atoms with Gasteiger partial charge >= 0.3 is 5.97 Å². The lowest BCUT2D eigenvalue weighted by atomic mass is 9.86. The van der Waals surface area contributed by atoms with Crippen LogP contribution in [0.4, 0.5) is 0 Å². The minimum absolute atomic E-state index is 0.0863. The average Bonchev–Trinajstić information content (AvgIpc) is 3.02. The van der Waals surface area contributed by atoms with Crippen molar-refractivity contribution in [3.63, 3.8) is 0 Å². The van der Waals surface area contributed by atoms with E-state index < -0.39 is 5.97 Å². The van der Waals surface area contributed by atoms with Gasteiger partial charge in [-0.15, -0.1) is 0 Å². The summed E-state index contributed by atoms with van der Waals surface area (Å²) >= 11 is 0. The number of rotatable bonds is 5. The number of carboxylic acid groups (broad SMARTS) is 1.